The van der Waals surface area contributed by atoms with Gasteiger partial charge in [0.05, 0.1) is 12.7 Å². The normalized spacial score (nSPS) is 47.9. The summed E-state index contributed by atoms with van der Waals surface area (Å²) < 4.78 is 6.38. The first-order valence-corrected chi connectivity index (χ1v) is 8.06. The van der Waals surface area contributed by atoms with Gasteiger partial charge in [0.1, 0.15) is 0 Å². The summed E-state index contributed by atoms with van der Waals surface area (Å²) in [6.07, 6.45) is 5.69. The van der Waals surface area contributed by atoms with E-state index in [-0.39, 0.29) is 0 Å². The Morgan fingerprint density at radius 1 is 1.32 bits per heavy atom. The Balaban J connectivity index is 1.81. The van der Waals surface area contributed by atoms with Crippen LogP contribution in [-0.2, 0) is 4.74 Å². The van der Waals surface area contributed by atoms with Gasteiger partial charge in [-0.2, -0.15) is 0 Å². The summed E-state index contributed by atoms with van der Waals surface area (Å²) in [4.78, 5) is 2.48. The maximum Gasteiger partial charge on any atom is 0.0683 e. The summed E-state index contributed by atoms with van der Waals surface area (Å²) in [5.41, 5.74) is 1.59. The molecule has 3 aliphatic rings. The van der Waals surface area contributed by atoms with Crippen LogP contribution >= 0.6 is 0 Å². The molecular weight excluding hydrogens is 234 g/mol. The molecule has 108 valence electrons. The van der Waals surface area contributed by atoms with Crippen LogP contribution in [0.1, 0.15) is 33.6 Å². The molecule has 0 aromatic heterocycles. The Kier molecular flexibility index (Phi) is 3.74. The van der Waals surface area contributed by atoms with E-state index in [2.05, 4.69) is 38.8 Å². The molecule has 0 N–H and O–H groups in total. The first kappa shape index (κ1) is 13.6. The molecule has 0 radical (unpaired) electrons. The Bertz CT molecular complexity index is 364. The van der Waals surface area contributed by atoms with Crippen molar-refractivity contribution in [3.05, 3.63) is 11.6 Å². The van der Waals surface area contributed by atoms with Crippen LogP contribution in [0.2, 0.25) is 0 Å². The minimum absolute atomic E-state index is 0.470. The number of ether oxygens (including phenoxy) is 1. The van der Waals surface area contributed by atoms with Crippen LogP contribution in [0.25, 0.3) is 0 Å². The molecule has 2 nitrogen and oxygen atoms in total. The molecule has 2 heteroatoms. The van der Waals surface area contributed by atoms with Gasteiger partial charge in [-0.1, -0.05) is 25.5 Å². The first-order chi connectivity index (χ1) is 9.08. The standard InChI is InChI=1S/C17H29NO/c1-11-8-12(2)16-13(3)15(11)10-19-17(16)14-6-5-7-18(4)9-14/h8,11,13-17H,5-7,9-10H2,1-4H3/t11-,13-,14?,15-,16-,17-/m1/s1. The SMILES string of the molecule is CC1=C[C@@H](C)[C@H]2CO[C@H](C3CCCN(C)C3)[C@H]1[C@@H]2C. The molecule has 0 aromatic carbocycles. The highest BCUT2D eigenvalue weighted by molar-refractivity contribution is 5.17. The third-order valence-electron chi connectivity index (χ3n) is 5.93. The van der Waals surface area contributed by atoms with E-state index in [1.165, 1.54) is 25.9 Å². The van der Waals surface area contributed by atoms with Crippen molar-refractivity contribution < 1.29 is 4.74 Å². The van der Waals surface area contributed by atoms with Crippen LogP contribution in [0.3, 0.4) is 0 Å². The van der Waals surface area contributed by atoms with E-state index in [0.717, 1.165) is 24.4 Å². The topological polar surface area (TPSA) is 12.5 Å². The molecule has 2 bridgehead atoms. The fourth-order valence-corrected chi connectivity index (χ4v) is 4.90. The molecule has 0 saturated carbocycles. The van der Waals surface area contributed by atoms with Gasteiger partial charge in [-0.05, 0) is 57.0 Å². The smallest absolute Gasteiger partial charge is 0.0683 e. The van der Waals surface area contributed by atoms with E-state index in [0.29, 0.717) is 17.9 Å². The minimum atomic E-state index is 0.470. The summed E-state index contributed by atoms with van der Waals surface area (Å²) in [6, 6.07) is 0. The summed E-state index contributed by atoms with van der Waals surface area (Å²) >= 11 is 0. The summed E-state index contributed by atoms with van der Waals surface area (Å²) in [5, 5.41) is 0. The van der Waals surface area contributed by atoms with Gasteiger partial charge in [0.2, 0.25) is 0 Å². The zero-order valence-electron chi connectivity index (χ0n) is 12.9. The first-order valence-electron chi connectivity index (χ1n) is 8.06. The predicted octanol–water partition coefficient (Wildman–Crippen LogP) is 3.19. The van der Waals surface area contributed by atoms with Crippen LogP contribution < -0.4 is 0 Å². The summed E-state index contributed by atoms with van der Waals surface area (Å²) in [6.45, 7) is 10.6. The number of fused-ring (bicyclic) bond motifs is 2. The molecule has 3 rings (SSSR count). The quantitative estimate of drug-likeness (QED) is 0.674. The molecule has 1 aliphatic carbocycles. The molecule has 2 saturated heterocycles. The van der Waals surface area contributed by atoms with Gasteiger partial charge in [0.15, 0.2) is 0 Å². The van der Waals surface area contributed by atoms with E-state index in [4.69, 9.17) is 4.74 Å². The lowest BCUT2D eigenvalue weighted by Crippen LogP contribution is -2.52. The molecule has 0 spiro atoms. The zero-order valence-corrected chi connectivity index (χ0v) is 12.9. The predicted molar refractivity (Wildman–Crippen MR) is 79.0 cm³/mol. The van der Waals surface area contributed by atoms with Crippen molar-refractivity contribution in [2.45, 2.75) is 39.7 Å². The number of hydrogen-bond donors (Lipinski definition) is 0. The van der Waals surface area contributed by atoms with Crippen molar-refractivity contribution in [2.75, 3.05) is 26.7 Å². The van der Waals surface area contributed by atoms with Crippen molar-refractivity contribution in [3.8, 4) is 0 Å². The van der Waals surface area contributed by atoms with E-state index in [1.54, 1.807) is 5.57 Å². The molecule has 2 aliphatic heterocycles. The molecule has 2 heterocycles. The third kappa shape index (κ3) is 2.38. The van der Waals surface area contributed by atoms with Gasteiger partial charge in [-0.25, -0.2) is 0 Å². The van der Waals surface area contributed by atoms with Gasteiger partial charge in [0.25, 0.3) is 0 Å². The largest absolute Gasteiger partial charge is 0.377 e. The molecule has 19 heavy (non-hydrogen) atoms. The highest BCUT2D eigenvalue weighted by Crippen LogP contribution is 2.47. The Hall–Kier alpha value is -0.340. The average molecular weight is 263 g/mol. The minimum Gasteiger partial charge on any atom is -0.377 e. The van der Waals surface area contributed by atoms with E-state index < -0.39 is 0 Å². The lowest BCUT2D eigenvalue weighted by Gasteiger charge is -2.50. The van der Waals surface area contributed by atoms with Crippen molar-refractivity contribution in [3.63, 3.8) is 0 Å². The van der Waals surface area contributed by atoms with Crippen LogP contribution in [0.15, 0.2) is 11.6 Å². The summed E-state index contributed by atoms with van der Waals surface area (Å²) in [5.74, 6) is 3.65. The summed E-state index contributed by atoms with van der Waals surface area (Å²) in [7, 11) is 2.26. The van der Waals surface area contributed by atoms with Crippen molar-refractivity contribution >= 4 is 0 Å². The van der Waals surface area contributed by atoms with E-state index in [9.17, 15) is 0 Å². The van der Waals surface area contributed by atoms with Crippen molar-refractivity contribution in [1.82, 2.24) is 4.90 Å². The van der Waals surface area contributed by atoms with Crippen LogP contribution in [0, 0.1) is 29.6 Å². The van der Waals surface area contributed by atoms with Gasteiger partial charge < -0.3 is 9.64 Å². The molecule has 6 atom stereocenters. The van der Waals surface area contributed by atoms with E-state index >= 15 is 0 Å². The van der Waals surface area contributed by atoms with Crippen LogP contribution in [0.4, 0.5) is 0 Å². The number of piperidine rings is 1. The fourth-order valence-electron chi connectivity index (χ4n) is 4.90. The zero-order chi connectivity index (χ0) is 13.6. The second-order valence-corrected chi connectivity index (χ2v) is 7.28. The van der Waals surface area contributed by atoms with Gasteiger partial charge in [-0.15, -0.1) is 0 Å². The second kappa shape index (κ2) is 5.21. The molecule has 0 amide bonds. The Morgan fingerprint density at radius 3 is 2.84 bits per heavy atom. The molecule has 2 fully saturated rings. The number of hydrogen-bond acceptors (Lipinski definition) is 2. The van der Waals surface area contributed by atoms with Gasteiger partial charge >= 0.3 is 0 Å². The highest BCUT2D eigenvalue weighted by Gasteiger charge is 2.46. The van der Waals surface area contributed by atoms with E-state index in [1.807, 2.05) is 0 Å². The van der Waals surface area contributed by atoms with Crippen LogP contribution in [0.5, 0.6) is 0 Å². The number of likely N-dealkylation sites (tertiary alicyclic amines) is 1. The maximum absolute atomic E-state index is 6.38. The number of rotatable bonds is 1. The maximum atomic E-state index is 6.38. The fraction of sp³-hybridized carbons (Fsp3) is 0.882. The number of allylic oxidation sites excluding steroid dienone is 1. The average Bonchev–Trinajstić information content (AvgIpc) is 2.35. The lowest BCUT2D eigenvalue weighted by molar-refractivity contribution is -0.124. The monoisotopic (exact) mass is 263 g/mol. The molecular formula is C17H29NO. The second-order valence-electron chi connectivity index (χ2n) is 7.28. The van der Waals surface area contributed by atoms with Gasteiger partial charge in [0, 0.05) is 12.5 Å². The van der Waals surface area contributed by atoms with Gasteiger partial charge in [-0.3, -0.25) is 0 Å². The van der Waals surface area contributed by atoms with Crippen molar-refractivity contribution in [1.29, 1.82) is 0 Å². The third-order valence-corrected chi connectivity index (χ3v) is 5.93. The molecule has 1 unspecified atom stereocenters. The van der Waals surface area contributed by atoms with Crippen molar-refractivity contribution in [2.24, 2.45) is 29.6 Å². The van der Waals surface area contributed by atoms with Crippen LogP contribution in [-0.4, -0.2) is 37.7 Å². The molecule has 0 aromatic rings. The number of nitrogens with zero attached hydrogens (tertiary/aromatic N) is 1. The Morgan fingerprint density at radius 2 is 2.11 bits per heavy atom. The lowest BCUT2D eigenvalue weighted by atomic mass is 9.63. The Labute approximate surface area is 118 Å². The highest BCUT2D eigenvalue weighted by atomic mass is 16.5.